The molecule has 0 saturated carbocycles. The zero-order valence-electron chi connectivity index (χ0n) is 17.9. The zero-order valence-corrected chi connectivity index (χ0v) is 18.7. The molecule has 6 nitrogen and oxygen atoms in total. The van der Waals surface area contributed by atoms with Crippen LogP contribution < -0.4 is 10.2 Å². The first-order valence-corrected chi connectivity index (χ1v) is 10.8. The molecule has 1 atom stereocenters. The second-order valence-corrected chi connectivity index (χ2v) is 9.95. The molecule has 2 aromatic heterocycles. The predicted molar refractivity (Wildman–Crippen MR) is 120 cm³/mol. The SMILES string of the molecule is Cc1ccc(N2C(=O)c3cc(-c4cccs4)nn3CC2(C)C(=O)NC(C)(C)C)cc1. The number of fused-ring (bicyclic) bond motifs is 1. The van der Waals surface area contributed by atoms with Gasteiger partial charge >= 0.3 is 0 Å². The van der Waals surface area contributed by atoms with Gasteiger partial charge in [0.2, 0.25) is 5.91 Å². The van der Waals surface area contributed by atoms with E-state index in [1.165, 1.54) is 0 Å². The Morgan fingerprint density at radius 3 is 2.50 bits per heavy atom. The fourth-order valence-electron chi connectivity index (χ4n) is 3.70. The van der Waals surface area contributed by atoms with Crippen molar-refractivity contribution in [1.29, 1.82) is 0 Å². The van der Waals surface area contributed by atoms with Gasteiger partial charge in [0.1, 0.15) is 16.9 Å². The summed E-state index contributed by atoms with van der Waals surface area (Å²) in [5, 5.41) is 9.70. The number of carbonyl (C=O) groups excluding carboxylic acids is 2. The summed E-state index contributed by atoms with van der Waals surface area (Å²) in [5.74, 6) is -0.435. The van der Waals surface area contributed by atoms with E-state index >= 15 is 0 Å². The topological polar surface area (TPSA) is 67.2 Å². The lowest BCUT2D eigenvalue weighted by molar-refractivity contribution is -0.128. The first-order chi connectivity index (χ1) is 14.1. The average Bonchev–Trinajstić information content (AvgIpc) is 3.31. The summed E-state index contributed by atoms with van der Waals surface area (Å²) in [5.41, 5.74) is 1.48. The van der Waals surface area contributed by atoms with Gasteiger partial charge in [-0.15, -0.1) is 11.3 Å². The van der Waals surface area contributed by atoms with Gasteiger partial charge in [0.15, 0.2) is 0 Å². The van der Waals surface area contributed by atoms with Crippen molar-refractivity contribution in [2.75, 3.05) is 4.90 Å². The molecule has 1 aliphatic rings. The molecule has 1 aromatic carbocycles. The highest BCUT2D eigenvalue weighted by molar-refractivity contribution is 7.13. The molecule has 0 saturated heterocycles. The van der Waals surface area contributed by atoms with Gasteiger partial charge in [-0.1, -0.05) is 23.8 Å². The van der Waals surface area contributed by atoms with Crippen LogP contribution in [0.5, 0.6) is 0 Å². The Morgan fingerprint density at radius 2 is 1.90 bits per heavy atom. The highest BCUT2D eigenvalue weighted by Crippen LogP contribution is 2.35. The predicted octanol–water partition coefficient (Wildman–Crippen LogP) is 4.25. The van der Waals surface area contributed by atoms with Crippen LogP contribution >= 0.6 is 11.3 Å². The van der Waals surface area contributed by atoms with Crippen LogP contribution in [0.2, 0.25) is 0 Å². The van der Waals surface area contributed by atoms with Crippen LogP contribution in [0.4, 0.5) is 5.69 Å². The molecular weight excluding hydrogens is 396 g/mol. The molecule has 0 aliphatic carbocycles. The van der Waals surface area contributed by atoms with Crippen LogP contribution in [0.25, 0.3) is 10.6 Å². The van der Waals surface area contributed by atoms with E-state index in [1.54, 1.807) is 27.8 Å². The number of amides is 2. The monoisotopic (exact) mass is 422 g/mol. The zero-order chi connectivity index (χ0) is 21.7. The van der Waals surface area contributed by atoms with Crippen molar-refractivity contribution < 1.29 is 9.59 Å². The maximum absolute atomic E-state index is 13.7. The third-order valence-corrected chi connectivity index (χ3v) is 6.09. The van der Waals surface area contributed by atoms with Crippen LogP contribution in [0, 0.1) is 6.92 Å². The van der Waals surface area contributed by atoms with Gasteiger partial charge in [-0.05, 0) is 64.3 Å². The summed E-state index contributed by atoms with van der Waals surface area (Å²) in [7, 11) is 0. The third-order valence-electron chi connectivity index (χ3n) is 5.20. The van der Waals surface area contributed by atoms with Gasteiger partial charge < -0.3 is 5.32 Å². The molecule has 4 rings (SSSR count). The number of aryl methyl sites for hydroxylation is 1. The van der Waals surface area contributed by atoms with E-state index in [0.29, 0.717) is 11.4 Å². The van der Waals surface area contributed by atoms with Gasteiger partial charge in [-0.2, -0.15) is 5.10 Å². The van der Waals surface area contributed by atoms with E-state index in [0.717, 1.165) is 16.1 Å². The molecule has 3 heterocycles. The molecular formula is C23H26N4O2S. The number of nitrogens with zero attached hydrogens (tertiary/aromatic N) is 3. The first-order valence-electron chi connectivity index (χ1n) is 9.94. The molecule has 1 aliphatic heterocycles. The van der Waals surface area contributed by atoms with Crippen molar-refractivity contribution in [2.45, 2.75) is 52.2 Å². The minimum atomic E-state index is -1.12. The normalized spacial score (nSPS) is 19.0. The van der Waals surface area contributed by atoms with Gasteiger partial charge in [0.05, 0.1) is 11.4 Å². The quantitative estimate of drug-likeness (QED) is 0.686. The molecule has 2 amide bonds. The minimum Gasteiger partial charge on any atom is -0.349 e. The van der Waals surface area contributed by atoms with Crippen LogP contribution in [0.1, 0.15) is 43.7 Å². The van der Waals surface area contributed by atoms with Crippen LogP contribution in [-0.4, -0.2) is 32.7 Å². The number of rotatable bonds is 3. The van der Waals surface area contributed by atoms with Crippen molar-refractivity contribution in [3.63, 3.8) is 0 Å². The van der Waals surface area contributed by atoms with E-state index in [1.807, 2.05) is 75.5 Å². The van der Waals surface area contributed by atoms with Crippen molar-refractivity contribution in [1.82, 2.24) is 15.1 Å². The Bertz CT molecular complexity index is 1090. The number of aromatic nitrogens is 2. The van der Waals surface area contributed by atoms with E-state index in [2.05, 4.69) is 10.4 Å². The maximum Gasteiger partial charge on any atom is 0.277 e. The minimum absolute atomic E-state index is 0.206. The van der Waals surface area contributed by atoms with E-state index in [-0.39, 0.29) is 18.4 Å². The number of hydrogen-bond acceptors (Lipinski definition) is 4. The van der Waals surface area contributed by atoms with Gasteiger partial charge in [-0.3, -0.25) is 19.2 Å². The lowest BCUT2D eigenvalue weighted by Crippen LogP contribution is -2.66. The smallest absolute Gasteiger partial charge is 0.277 e. The van der Waals surface area contributed by atoms with Crippen molar-refractivity contribution >= 4 is 28.8 Å². The third kappa shape index (κ3) is 3.54. The second kappa shape index (κ2) is 7.09. The Hall–Kier alpha value is -2.93. The molecule has 156 valence electrons. The number of nitrogens with one attached hydrogen (secondary N) is 1. The number of anilines is 1. The van der Waals surface area contributed by atoms with Crippen LogP contribution in [0.3, 0.4) is 0 Å². The highest BCUT2D eigenvalue weighted by atomic mass is 32.1. The Kier molecular flexibility index (Phi) is 4.81. The van der Waals surface area contributed by atoms with Crippen LogP contribution in [0.15, 0.2) is 47.8 Å². The van der Waals surface area contributed by atoms with Gasteiger partial charge in [0, 0.05) is 11.2 Å². The number of thiophene rings is 1. The summed E-state index contributed by atoms with van der Waals surface area (Å²) in [4.78, 5) is 29.7. The standard InChI is InChI=1S/C23H26N4O2S/c1-15-8-10-16(11-9-15)27-20(28)18-13-17(19-7-6-12-30-19)25-26(18)14-23(27,5)21(29)24-22(2,3)4/h6-13H,14H2,1-5H3,(H,24,29). The second-order valence-electron chi connectivity index (χ2n) is 9.00. The molecule has 3 aromatic rings. The van der Waals surface area contributed by atoms with E-state index in [4.69, 9.17) is 0 Å². The summed E-state index contributed by atoms with van der Waals surface area (Å²) >= 11 is 1.57. The summed E-state index contributed by atoms with van der Waals surface area (Å²) < 4.78 is 1.67. The first kappa shape index (κ1) is 20.3. The van der Waals surface area contributed by atoms with Crippen molar-refractivity contribution in [2.24, 2.45) is 0 Å². The number of carbonyl (C=O) groups is 2. The number of benzene rings is 1. The fourth-order valence-corrected chi connectivity index (χ4v) is 4.38. The van der Waals surface area contributed by atoms with E-state index < -0.39 is 11.1 Å². The summed E-state index contributed by atoms with van der Waals surface area (Å²) in [6, 6.07) is 13.4. The lowest BCUT2D eigenvalue weighted by atomic mass is 9.92. The lowest BCUT2D eigenvalue weighted by Gasteiger charge is -2.44. The molecule has 0 bridgehead atoms. The largest absolute Gasteiger partial charge is 0.349 e. The molecule has 7 heteroatoms. The van der Waals surface area contributed by atoms with Gasteiger partial charge in [0.25, 0.3) is 5.91 Å². The average molecular weight is 423 g/mol. The molecule has 0 fully saturated rings. The van der Waals surface area contributed by atoms with E-state index in [9.17, 15) is 9.59 Å². The molecule has 1 N–H and O–H groups in total. The summed E-state index contributed by atoms with van der Waals surface area (Å²) in [6.45, 7) is 9.88. The Labute approximate surface area is 180 Å². The van der Waals surface area contributed by atoms with Gasteiger partial charge in [-0.25, -0.2) is 0 Å². The van der Waals surface area contributed by atoms with Crippen LogP contribution in [-0.2, 0) is 11.3 Å². The van der Waals surface area contributed by atoms with Crippen molar-refractivity contribution in [3.8, 4) is 10.6 Å². The van der Waals surface area contributed by atoms with Crippen molar-refractivity contribution in [3.05, 3.63) is 59.1 Å². The number of hydrogen-bond donors (Lipinski definition) is 1. The summed E-state index contributed by atoms with van der Waals surface area (Å²) in [6.07, 6.45) is 0. The molecule has 0 spiro atoms. The fraction of sp³-hybridized carbons (Fsp3) is 0.348. The Balaban J connectivity index is 1.83. The highest BCUT2D eigenvalue weighted by Gasteiger charge is 2.49. The molecule has 1 unspecified atom stereocenters. The Morgan fingerprint density at radius 1 is 1.20 bits per heavy atom. The maximum atomic E-state index is 13.7. The molecule has 0 radical (unpaired) electrons. The molecule has 30 heavy (non-hydrogen) atoms.